The van der Waals surface area contributed by atoms with Gasteiger partial charge in [0, 0.05) is 36.5 Å². The second kappa shape index (κ2) is 9.01. The smallest absolute Gasteiger partial charge is 0.253 e. The van der Waals surface area contributed by atoms with E-state index in [1.54, 1.807) is 30.8 Å². The van der Waals surface area contributed by atoms with Gasteiger partial charge in [-0.25, -0.2) is 4.98 Å². The Balaban J connectivity index is 1.61. The van der Waals surface area contributed by atoms with Crippen LogP contribution in [0.2, 0.25) is 0 Å². The quantitative estimate of drug-likeness (QED) is 0.410. The molecule has 3 aromatic carbocycles. The molecule has 0 atom stereocenters. The average Bonchev–Trinajstić information content (AvgIpc) is 3.23. The number of carbonyl (C=O) groups excluding carboxylic acids is 1. The molecule has 0 aliphatic carbocycles. The van der Waals surface area contributed by atoms with Crippen molar-refractivity contribution in [2.45, 2.75) is 10.9 Å². The third-order valence-corrected chi connectivity index (χ3v) is 5.69. The molecule has 0 unspecified atom stereocenters. The van der Waals surface area contributed by atoms with Gasteiger partial charge < -0.3 is 9.88 Å². The SMILES string of the molecule is CN(C)C(=O)c1cccc(CSc2nc(-c3ccccc3)c(-c3ccccc3)[nH]2)c1. The normalized spacial score (nSPS) is 10.7. The van der Waals surface area contributed by atoms with E-state index in [4.69, 9.17) is 4.98 Å². The molecule has 0 spiro atoms. The predicted octanol–water partition coefficient (Wildman–Crippen LogP) is 5.74. The number of H-pyrrole nitrogens is 1. The molecule has 0 bridgehead atoms. The lowest BCUT2D eigenvalue weighted by Gasteiger charge is -2.10. The predicted molar refractivity (Wildman–Crippen MR) is 123 cm³/mol. The minimum Gasteiger partial charge on any atom is -0.345 e. The van der Waals surface area contributed by atoms with E-state index in [9.17, 15) is 4.79 Å². The van der Waals surface area contributed by atoms with Crippen LogP contribution in [0.5, 0.6) is 0 Å². The highest BCUT2D eigenvalue weighted by Gasteiger charge is 2.15. The van der Waals surface area contributed by atoms with Crippen molar-refractivity contribution in [3.05, 3.63) is 96.1 Å². The van der Waals surface area contributed by atoms with E-state index in [2.05, 4.69) is 29.2 Å². The summed E-state index contributed by atoms with van der Waals surface area (Å²) < 4.78 is 0. The van der Waals surface area contributed by atoms with E-state index in [1.807, 2.05) is 60.7 Å². The van der Waals surface area contributed by atoms with Crippen molar-refractivity contribution in [1.29, 1.82) is 0 Å². The summed E-state index contributed by atoms with van der Waals surface area (Å²) in [5.74, 6) is 0.738. The summed E-state index contributed by atoms with van der Waals surface area (Å²) in [6, 6.07) is 28.2. The molecule has 150 valence electrons. The van der Waals surface area contributed by atoms with Crippen LogP contribution >= 0.6 is 11.8 Å². The molecule has 5 heteroatoms. The summed E-state index contributed by atoms with van der Waals surface area (Å²) >= 11 is 1.64. The van der Waals surface area contributed by atoms with Gasteiger partial charge in [0.15, 0.2) is 5.16 Å². The van der Waals surface area contributed by atoms with Crippen LogP contribution < -0.4 is 0 Å². The second-order valence-corrected chi connectivity index (χ2v) is 8.15. The lowest BCUT2D eigenvalue weighted by atomic mass is 10.1. The van der Waals surface area contributed by atoms with Crippen LogP contribution in [0, 0.1) is 0 Å². The van der Waals surface area contributed by atoms with E-state index >= 15 is 0 Å². The molecule has 4 aromatic rings. The fraction of sp³-hybridized carbons (Fsp3) is 0.120. The second-order valence-electron chi connectivity index (χ2n) is 7.19. The van der Waals surface area contributed by atoms with Crippen LogP contribution in [-0.2, 0) is 5.75 Å². The van der Waals surface area contributed by atoms with Crippen molar-refractivity contribution in [2.75, 3.05) is 14.1 Å². The minimum atomic E-state index is 0.0116. The van der Waals surface area contributed by atoms with Gasteiger partial charge in [0.25, 0.3) is 5.91 Å². The van der Waals surface area contributed by atoms with E-state index in [-0.39, 0.29) is 5.91 Å². The van der Waals surface area contributed by atoms with E-state index in [0.29, 0.717) is 5.56 Å². The zero-order valence-corrected chi connectivity index (χ0v) is 17.8. The van der Waals surface area contributed by atoms with Crippen molar-refractivity contribution in [3.8, 4) is 22.5 Å². The van der Waals surface area contributed by atoms with Gasteiger partial charge in [0.1, 0.15) is 0 Å². The molecular formula is C25H23N3OS. The van der Waals surface area contributed by atoms with Gasteiger partial charge in [-0.05, 0) is 17.7 Å². The number of amides is 1. The van der Waals surface area contributed by atoms with Gasteiger partial charge in [-0.3, -0.25) is 4.79 Å². The lowest BCUT2D eigenvalue weighted by Crippen LogP contribution is -2.21. The van der Waals surface area contributed by atoms with E-state index in [0.717, 1.165) is 39.0 Å². The topological polar surface area (TPSA) is 49.0 Å². The molecule has 0 saturated carbocycles. The molecule has 1 aromatic heterocycles. The monoisotopic (exact) mass is 413 g/mol. The van der Waals surface area contributed by atoms with Gasteiger partial charge in [0.05, 0.1) is 11.4 Å². The van der Waals surface area contributed by atoms with Crippen LogP contribution in [0.25, 0.3) is 22.5 Å². The van der Waals surface area contributed by atoms with Gasteiger partial charge in [-0.1, -0.05) is 84.6 Å². The number of hydrogen-bond donors (Lipinski definition) is 1. The number of rotatable bonds is 6. The Morgan fingerprint density at radius 2 is 1.57 bits per heavy atom. The van der Waals surface area contributed by atoms with Crippen LogP contribution in [0.15, 0.2) is 90.1 Å². The molecule has 4 nitrogen and oxygen atoms in total. The first-order valence-electron chi connectivity index (χ1n) is 9.76. The maximum Gasteiger partial charge on any atom is 0.253 e. The Morgan fingerprint density at radius 1 is 0.900 bits per heavy atom. The third kappa shape index (κ3) is 4.47. The Bertz CT molecular complexity index is 1080. The number of carbonyl (C=O) groups is 1. The maximum atomic E-state index is 12.2. The highest BCUT2D eigenvalue weighted by molar-refractivity contribution is 7.98. The number of nitrogens with one attached hydrogen (secondary N) is 1. The summed E-state index contributed by atoms with van der Waals surface area (Å²) in [5.41, 5.74) is 5.94. The van der Waals surface area contributed by atoms with E-state index < -0.39 is 0 Å². The van der Waals surface area contributed by atoms with Crippen molar-refractivity contribution in [3.63, 3.8) is 0 Å². The van der Waals surface area contributed by atoms with Crippen LogP contribution in [0.3, 0.4) is 0 Å². The first-order valence-corrected chi connectivity index (χ1v) is 10.7. The minimum absolute atomic E-state index is 0.0116. The Morgan fingerprint density at radius 3 is 2.23 bits per heavy atom. The first-order chi connectivity index (χ1) is 14.6. The number of aromatic amines is 1. The van der Waals surface area contributed by atoms with Crippen LogP contribution in [0.4, 0.5) is 0 Å². The van der Waals surface area contributed by atoms with Crippen molar-refractivity contribution < 1.29 is 4.79 Å². The Hall–Kier alpha value is -3.31. The van der Waals surface area contributed by atoms with Crippen LogP contribution in [0.1, 0.15) is 15.9 Å². The van der Waals surface area contributed by atoms with E-state index in [1.165, 1.54) is 0 Å². The molecule has 1 heterocycles. The zero-order valence-electron chi connectivity index (χ0n) is 17.0. The standard InChI is InChI=1S/C25H23N3OS/c1-28(2)24(29)21-15-9-10-18(16-21)17-30-25-26-22(19-11-5-3-6-12-19)23(27-25)20-13-7-4-8-14-20/h3-16H,17H2,1-2H3,(H,26,27). The number of aromatic nitrogens is 2. The molecule has 0 fully saturated rings. The third-order valence-electron chi connectivity index (χ3n) is 4.75. The first kappa shape index (κ1) is 20.0. The van der Waals surface area contributed by atoms with Crippen molar-refractivity contribution in [1.82, 2.24) is 14.9 Å². The summed E-state index contributed by atoms with van der Waals surface area (Å²) in [6.45, 7) is 0. The largest absolute Gasteiger partial charge is 0.345 e. The molecule has 0 aliphatic heterocycles. The molecule has 4 rings (SSSR count). The van der Waals surface area contributed by atoms with Crippen LogP contribution in [-0.4, -0.2) is 34.9 Å². The number of hydrogen-bond acceptors (Lipinski definition) is 3. The van der Waals surface area contributed by atoms with Crippen molar-refractivity contribution in [2.24, 2.45) is 0 Å². The summed E-state index contributed by atoms with van der Waals surface area (Å²) in [4.78, 5) is 22.2. The summed E-state index contributed by atoms with van der Waals surface area (Å²) in [5, 5.41) is 0.858. The average molecular weight is 414 g/mol. The van der Waals surface area contributed by atoms with Crippen molar-refractivity contribution >= 4 is 17.7 Å². The Kier molecular flexibility index (Phi) is 6.00. The highest BCUT2D eigenvalue weighted by atomic mass is 32.2. The van der Waals surface area contributed by atoms with Gasteiger partial charge in [-0.2, -0.15) is 0 Å². The fourth-order valence-electron chi connectivity index (χ4n) is 3.24. The van der Waals surface area contributed by atoms with Gasteiger partial charge in [0.2, 0.25) is 0 Å². The zero-order chi connectivity index (χ0) is 20.9. The summed E-state index contributed by atoms with van der Waals surface area (Å²) in [7, 11) is 3.53. The molecular weight excluding hydrogens is 390 g/mol. The maximum absolute atomic E-state index is 12.2. The molecule has 0 saturated heterocycles. The number of thioether (sulfide) groups is 1. The Labute approximate surface area is 181 Å². The van der Waals surface area contributed by atoms with Gasteiger partial charge in [-0.15, -0.1) is 0 Å². The molecule has 0 radical (unpaired) electrons. The molecule has 1 amide bonds. The molecule has 1 N–H and O–H groups in total. The lowest BCUT2D eigenvalue weighted by molar-refractivity contribution is 0.0827. The molecule has 0 aliphatic rings. The van der Waals surface area contributed by atoms with Gasteiger partial charge >= 0.3 is 0 Å². The summed E-state index contributed by atoms with van der Waals surface area (Å²) in [6.07, 6.45) is 0. The number of nitrogens with zero attached hydrogens (tertiary/aromatic N) is 2. The molecule has 30 heavy (non-hydrogen) atoms. The highest BCUT2D eigenvalue weighted by Crippen LogP contribution is 2.33. The number of imidazole rings is 1. The fourth-order valence-corrected chi connectivity index (χ4v) is 4.06. The number of benzene rings is 3.